The van der Waals surface area contributed by atoms with Crippen LogP contribution in [0.3, 0.4) is 0 Å². The van der Waals surface area contributed by atoms with Gasteiger partial charge >= 0.3 is 5.97 Å². The number of carbonyl (C=O) groups excluding carboxylic acids is 2. The molecule has 1 amide bonds. The van der Waals surface area contributed by atoms with Crippen LogP contribution in [0.4, 0.5) is 0 Å². The van der Waals surface area contributed by atoms with Crippen molar-refractivity contribution < 1.29 is 32.3 Å². The molecule has 1 saturated heterocycles. The van der Waals surface area contributed by atoms with E-state index >= 15 is 0 Å². The van der Waals surface area contributed by atoms with Crippen LogP contribution in [-0.4, -0.2) is 101 Å². The van der Waals surface area contributed by atoms with Crippen molar-refractivity contribution in [3.8, 4) is 0 Å². The molecule has 3 N–H and O–H groups in total. The molecular weight excluding hydrogens is 827 g/mol. The zero-order valence-electron chi connectivity index (χ0n) is 38.6. The first-order valence-electron chi connectivity index (χ1n) is 23.3. The van der Waals surface area contributed by atoms with Gasteiger partial charge in [-0.1, -0.05) is 117 Å². The lowest BCUT2D eigenvalue weighted by molar-refractivity contribution is -0.200. The number of thioether (sulfide) groups is 1. The average molecular weight is 906 g/mol. The minimum absolute atomic E-state index is 0.0219. The summed E-state index contributed by atoms with van der Waals surface area (Å²) in [6.45, 7) is 20.0. The van der Waals surface area contributed by atoms with Crippen LogP contribution in [0.2, 0.25) is 54.4 Å². The third-order valence-electron chi connectivity index (χ3n) is 14.2. The number of methoxy groups -OCH3 is 1. The third-order valence-corrected chi connectivity index (χ3v) is 29.4. The molecule has 16 heteroatoms. The predicted molar refractivity (Wildman–Crippen MR) is 250 cm³/mol. The number of aromatic nitrogens is 3. The molecule has 2 aliphatic rings. The highest BCUT2D eigenvalue weighted by molar-refractivity contribution is 8.01. The molecule has 4 unspecified atom stereocenters. The van der Waals surface area contributed by atoms with Crippen molar-refractivity contribution in [2.45, 2.75) is 208 Å². The van der Waals surface area contributed by atoms with Crippen molar-refractivity contribution in [1.82, 2.24) is 20.3 Å². The molecular formula is C44H79N5O7SSi3. The number of rotatable bonds is 25. The van der Waals surface area contributed by atoms with Gasteiger partial charge in [0.2, 0.25) is 10.8 Å². The number of carbonyl (C=O) groups is 2. The number of ether oxygens (including phenoxy) is 2. The van der Waals surface area contributed by atoms with Gasteiger partial charge in [-0.05, 0) is 79.4 Å². The third kappa shape index (κ3) is 12.2. The normalized spacial score (nSPS) is 22.9. The van der Waals surface area contributed by atoms with Gasteiger partial charge in [0.1, 0.15) is 12.6 Å². The lowest BCUT2D eigenvalue weighted by atomic mass is 9.87. The van der Waals surface area contributed by atoms with Gasteiger partial charge in [0, 0.05) is 30.0 Å². The maximum atomic E-state index is 14.6. The Bertz CT molecular complexity index is 1570. The maximum absolute atomic E-state index is 14.6. The van der Waals surface area contributed by atoms with Crippen molar-refractivity contribution in [2.75, 3.05) is 13.7 Å². The fourth-order valence-corrected chi connectivity index (χ4v) is 19.3. The molecule has 0 spiro atoms. The summed E-state index contributed by atoms with van der Waals surface area (Å²) < 4.78 is 37.2. The molecule has 2 heterocycles. The molecule has 60 heavy (non-hydrogen) atoms. The highest BCUT2D eigenvalue weighted by Gasteiger charge is 2.59. The Labute approximate surface area is 369 Å². The summed E-state index contributed by atoms with van der Waals surface area (Å²) in [4.78, 5) is 28.4. The van der Waals surface area contributed by atoms with Crippen molar-refractivity contribution in [3.63, 3.8) is 0 Å². The number of nitrogens with zero attached hydrogens (tertiary/aromatic N) is 3. The first-order chi connectivity index (χ1) is 28.9. The molecule has 340 valence electrons. The summed E-state index contributed by atoms with van der Waals surface area (Å²) in [6.07, 6.45) is 5.08. The number of nitrogens with one attached hydrogen (secondary N) is 1. The van der Waals surface area contributed by atoms with E-state index in [2.05, 4.69) is 77.9 Å². The van der Waals surface area contributed by atoms with Crippen LogP contribution in [0.15, 0.2) is 41.4 Å². The Balaban J connectivity index is 1.95. The van der Waals surface area contributed by atoms with Gasteiger partial charge in [-0.15, -0.1) is 5.10 Å². The van der Waals surface area contributed by atoms with E-state index < -0.39 is 66.3 Å². The first-order valence-corrected chi connectivity index (χ1v) is 31.7. The van der Waals surface area contributed by atoms with Gasteiger partial charge in [-0.3, -0.25) is 4.79 Å². The van der Waals surface area contributed by atoms with Crippen LogP contribution in [0, 0.1) is 0 Å². The van der Waals surface area contributed by atoms with Crippen molar-refractivity contribution in [1.29, 1.82) is 0 Å². The quantitative estimate of drug-likeness (QED) is 0.0725. The molecule has 1 aromatic carbocycles. The van der Waals surface area contributed by atoms with Gasteiger partial charge in [0.05, 0.1) is 37.2 Å². The molecule has 0 bridgehead atoms. The second-order valence-electron chi connectivity index (χ2n) is 17.1. The topological polar surface area (TPSA) is 149 Å². The second-order valence-corrected chi connectivity index (χ2v) is 32.6. The van der Waals surface area contributed by atoms with Gasteiger partial charge in [-0.2, -0.15) is 0 Å². The number of amides is 1. The summed E-state index contributed by atoms with van der Waals surface area (Å²) in [7, 11) is -5.68. The minimum Gasteiger partial charge on any atom is -0.466 e. The van der Waals surface area contributed by atoms with Gasteiger partial charge in [0.25, 0.3) is 0 Å². The monoisotopic (exact) mass is 906 g/mol. The van der Waals surface area contributed by atoms with Crippen LogP contribution < -0.4 is 11.1 Å². The fraction of sp³-hybridized carbons (Fsp3) is 0.773. The summed E-state index contributed by atoms with van der Waals surface area (Å²) in [6, 6.07) is 17.2. The first kappa shape index (κ1) is 50.7. The van der Waals surface area contributed by atoms with E-state index in [1.165, 1.54) is 38.1 Å². The highest BCUT2D eigenvalue weighted by Crippen LogP contribution is 2.47. The molecule has 2 aromatic rings. The lowest BCUT2D eigenvalue weighted by Gasteiger charge is -2.53. The summed E-state index contributed by atoms with van der Waals surface area (Å²) >= 11 is 1.34. The van der Waals surface area contributed by atoms with E-state index in [1.807, 2.05) is 36.5 Å². The summed E-state index contributed by atoms with van der Waals surface area (Å²) in [5, 5.41) is 12.4. The van der Waals surface area contributed by atoms with E-state index in [0.29, 0.717) is 5.92 Å². The molecule has 2 fully saturated rings. The standard InChI is InChI=1S/C44H79N5O7SSi3/c1-11-58(12-2,13-3)54-37-30-44(43(51)52-10,57-35-28-24-21-25-29-35)53-42(40(37)46-39(50)33-49-32-36(47-48-49)34-26-22-20-23-27-34)41(56-60(17-7,18-8)19-9)38(31-45)55-59(14-4,15-5)16-6/h21,24-25,28-29,32,34,37-38,40-42H,11-20,22-23,26-27,30-31,33,45H2,1-10H3,(H,46,50)/t37?,38-,40?,41-,42?,44?/m1/s1. The van der Waals surface area contributed by atoms with E-state index in [0.717, 1.165) is 77.8 Å². The highest BCUT2D eigenvalue weighted by atomic mass is 32.2. The SMILES string of the molecule is CC[Si](CC)(CC)OC1CC(Sc2ccccc2)(C(=O)OC)OC([C@H](O[Si](CC)(CC)CC)[C@@H](CN)O[Si](CC)(CC)CC)C1NC(=O)Cn1cc(C2CCCCC2)nn1. The minimum atomic E-state index is -2.43. The zero-order valence-corrected chi connectivity index (χ0v) is 42.5. The van der Waals surface area contributed by atoms with Crippen molar-refractivity contribution in [3.05, 3.63) is 42.2 Å². The number of benzene rings is 1. The van der Waals surface area contributed by atoms with Crippen molar-refractivity contribution >= 4 is 48.6 Å². The Morgan fingerprint density at radius 1 is 0.867 bits per heavy atom. The molecule has 4 rings (SSSR count). The Kier molecular flexibility index (Phi) is 20.0. The lowest BCUT2D eigenvalue weighted by Crippen LogP contribution is -2.70. The van der Waals surface area contributed by atoms with Crippen LogP contribution in [0.25, 0.3) is 0 Å². The number of hydrogen-bond donors (Lipinski definition) is 2. The Hall–Kier alpha value is -1.90. The maximum Gasteiger partial charge on any atom is 0.349 e. The van der Waals surface area contributed by atoms with Crippen LogP contribution in [-0.2, 0) is 38.9 Å². The predicted octanol–water partition coefficient (Wildman–Crippen LogP) is 9.39. The van der Waals surface area contributed by atoms with Crippen LogP contribution in [0.5, 0.6) is 0 Å². The van der Waals surface area contributed by atoms with E-state index in [1.54, 1.807) is 4.68 Å². The zero-order chi connectivity index (χ0) is 44.0. The van der Waals surface area contributed by atoms with Gasteiger partial charge in [-0.25, -0.2) is 9.48 Å². The number of hydrogen-bond acceptors (Lipinski definition) is 11. The largest absolute Gasteiger partial charge is 0.466 e. The molecule has 0 radical (unpaired) electrons. The van der Waals surface area contributed by atoms with Crippen LogP contribution >= 0.6 is 11.8 Å². The summed E-state index contributed by atoms with van der Waals surface area (Å²) in [5.74, 6) is -0.388. The molecule has 6 atom stereocenters. The number of esters is 1. The van der Waals surface area contributed by atoms with E-state index in [4.69, 9.17) is 28.5 Å². The molecule has 1 saturated carbocycles. The van der Waals surface area contributed by atoms with Gasteiger partial charge < -0.3 is 33.8 Å². The molecule has 1 aliphatic heterocycles. The van der Waals surface area contributed by atoms with Gasteiger partial charge in [0.15, 0.2) is 25.0 Å². The fourth-order valence-electron chi connectivity index (χ4n) is 9.47. The summed E-state index contributed by atoms with van der Waals surface area (Å²) in [5.41, 5.74) is 7.78. The average Bonchev–Trinajstić information content (AvgIpc) is 3.76. The molecule has 1 aromatic heterocycles. The van der Waals surface area contributed by atoms with Crippen LogP contribution in [0.1, 0.15) is 112 Å². The van der Waals surface area contributed by atoms with Crippen molar-refractivity contribution in [2.24, 2.45) is 5.73 Å². The Morgan fingerprint density at radius 3 is 1.97 bits per heavy atom. The molecule has 12 nitrogen and oxygen atoms in total. The Morgan fingerprint density at radius 2 is 1.43 bits per heavy atom. The molecule has 1 aliphatic carbocycles. The smallest absolute Gasteiger partial charge is 0.349 e. The van der Waals surface area contributed by atoms with E-state index in [9.17, 15) is 9.59 Å². The second kappa shape index (κ2) is 23.7. The number of nitrogens with two attached hydrogens (primary N) is 1. The van der Waals surface area contributed by atoms with E-state index in [-0.39, 0.29) is 25.4 Å².